The van der Waals surface area contributed by atoms with E-state index >= 15 is 0 Å². The van der Waals surface area contributed by atoms with Crippen LogP contribution in [0.1, 0.15) is 43.1 Å². The highest BCUT2D eigenvalue weighted by Crippen LogP contribution is 2.53. The molecule has 6 nitrogen and oxygen atoms in total. The standard InChI is InChI=1S/C17H19NO5/c1-4-9(2)23-15(20)13-10(3)18-17(22)12-8-6-5-7-11(12)14(19)16(13,17)21/h5-9,13,21-22H,4H2,1-3H3/t9-,13-,16+,17-/m0/s1. The van der Waals surface area contributed by atoms with Crippen molar-refractivity contribution >= 4 is 17.5 Å². The minimum Gasteiger partial charge on any atom is -0.462 e. The predicted octanol–water partition coefficient (Wildman–Crippen LogP) is 1.19. The summed E-state index contributed by atoms with van der Waals surface area (Å²) in [6.45, 7) is 5.09. The molecule has 23 heavy (non-hydrogen) atoms. The van der Waals surface area contributed by atoms with Gasteiger partial charge in [-0.15, -0.1) is 0 Å². The molecule has 0 amide bonds. The maximum atomic E-state index is 12.7. The number of aliphatic hydroxyl groups is 2. The highest BCUT2D eigenvalue weighted by Gasteiger charge is 2.72. The molecule has 2 N–H and O–H groups in total. The van der Waals surface area contributed by atoms with Crippen molar-refractivity contribution in [1.82, 2.24) is 0 Å². The number of carbonyl (C=O) groups is 2. The molecule has 0 bridgehead atoms. The van der Waals surface area contributed by atoms with Gasteiger partial charge in [-0.05, 0) is 20.3 Å². The van der Waals surface area contributed by atoms with Gasteiger partial charge in [0.15, 0.2) is 5.60 Å². The van der Waals surface area contributed by atoms with Crippen LogP contribution in [0.4, 0.5) is 0 Å². The van der Waals surface area contributed by atoms with E-state index in [0.717, 1.165) is 0 Å². The number of carbonyl (C=O) groups excluding carboxylic acids is 2. The lowest BCUT2D eigenvalue weighted by Crippen LogP contribution is -2.56. The first-order valence-corrected chi connectivity index (χ1v) is 7.63. The third kappa shape index (κ3) is 1.85. The Morgan fingerprint density at radius 2 is 2.04 bits per heavy atom. The Morgan fingerprint density at radius 1 is 1.39 bits per heavy atom. The van der Waals surface area contributed by atoms with Crippen LogP contribution in [0.3, 0.4) is 0 Å². The molecule has 1 aliphatic heterocycles. The predicted molar refractivity (Wildman–Crippen MR) is 82.1 cm³/mol. The average Bonchev–Trinajstić information content (AvgIpc) is 2.82. The molecule has 3 rings (SSSR count). The fourth-order valence-electron chi connectivity index (χ4n) is 3.34. The number of ketones is 1. The fourth-order valence-corrected chi connectivity index (χ4v) is 3.34. The zero-order chi connectivity index (χ0) is 17.0. The van der Waals surface area contributed by atoms with Crippen LogP contribution in [-0.4, -0.2) is 39.4 Å². The monoisotopic (exact) mass is 317 g/mol. The van der Waals surface area contributed by atoms with Gasteiger partial charge in [0.2, 0.25) is 11.5 Å². The van der Waals surface area contributed by atoms with Crippen molar-refractivity contribution in [2.45, 2.75) is 44.6 Å². The second-order valence-corrected chi connectivity index (χ2v) is 6.16. The summed E-state index contributed by atoms with van der Waals surface area (Å²) in [6, 6.07) is 6.32. The number of nitrogens with zero attached hydrogens (tertiary/aromatic N) is 1. The van der Waals surface area contributed by atoms with Crippen molar-refractivity contribution in [1.29, 1.82) is 0 Å². The molecule has 1 aliphatic carbocycles. The van der Waals surface area contributed by atoms with Gasteiger partial charge >= 0.3 is 5.97 Å². The molecule has 0 aromatic heterocycles. The molecular formula is C17H19NO5. The first kappa shape index (κ1) is 15.8. The summed E-state index contributed by atoms with van der Waals surface area (Å²) in [7, 11) is 0. The summed E-state index contributed by atoms with van der Waals surface area (Å²) in [5, 5.41) is 22.0. The van der Waals surface area contributed by atoms with Crippen LogP contribution in [0.2, 0.25) is 0 Å². The minimum atomic E-state index is -2.36. The third-order valence-corrected chi connectivity index (χ3v) is 4.73. The van der Waals surface area contributed by atoms with Crippen molar-refractivity contribution in [2.24, 2.45) is 10.9 Å². The highest BCUT2D eigenvalue weighted by atomic mass is 16.5. The van der Waals surface area contributed by atoms with Crippen molar-refractivity contribution in [3.05, 3.63) is 35.4 Å². The van der Waals surface area contributed by atoms with Crippen LogP contribution in [0.5, 0.6) is 0 Å². The molecule has 6 heteroatoms. The molecule has 122 valence electrons. The first-order chi connectivity index (χ1) is 10.8. The lowest BCUT2D eigenvalue weighted by molar-refractivity contribution is -0.168. The lowest BCUT2D eigenvalue weighted by Gasteiger charge is -2.32. The highest BCUT2D eigenvalue weighted by molar-refractivity contribution is 6.18. The smallest absolute Gasteiger partial charge is 0.318 e. The molecule has 0 unspecified atom stereocenters. The normalized spacial score (nSPS) is 33.0. The van der Waals surface area contributed by atoms with E-state index in [0.29, 0.717) is 6.42 Å². The number of esters is 1. The number of rotatable bonds is 3. The molecule has 0 fully saturated rings. The van der Waals surface area contributed by atoms with Gasteiger partial charge < -0.3 is 14.9 Å². The average molecular weight is 317 g/mol. The number of aliphatic imine (C=N–C) groups is 1. The molecule has 0 spiro atoms. The zero-order valence-electron chi connectivity index (χ0n) is 13.2. The van der Waals surface area contributed by atoms with Gasteiger partial charge in [0, 0.05) is 16.8 Å². The summed E-state index contributed by atoms with van der Waals surface area (Å²) < 4.78 is 5.28. The molecule has 0 radical (unpaired) electrons. The van der Waals surface area contributed by atoms with Crippen molar-refractivity contribution in [3.8, 4) is 0 Å². The van der Waals surface area contributed by atoms with Crippen LogP contribution in [-0.2, 0) is 15.3 Å². The Morgan fingerprint density at radius 3 is 2.70 bits per heavy atom. The van der Waals surface area contributed by atoms with Crippen LogP contribution >= 0.6 is 0 Å². The maximum Gasteiger partial charge on any atom is 0.318 e. The quantitative estimate of drug-likeness (QED) is 0.816. The van der Waals surface area contributed by atoms with Crippen molar-refractivity contribution < 1.29 is 24.5 Å². The summed E-state index contributed by atoms with van der Waals surface area (Å²) >= 11 is 0. The minimum absolute atomic E-state index is 0.176. The largest absolute Gasteiger partial charge is 0.462 e. The summed E-state index contributed by atoms with van der Waals surface area (Å²) in [4.78, 5) is 29.3. The Bertz CT molecular complexity index is 727. The third-order valence-electron chi connectivity index (χ3n) is 4.73. The van der Waals surface area contributed by atoms with E-state index in [-0.39, 0.29) is 22.9 Å². The molecule has 1 aromatic rings. The molecule has 0 saturated heterocycles. The number of hydrogen-bond donors (Lipinski definition) is 2. The van der Waals surface area contributed by atoms with E-state index in [1.807, 2.05) is 6.92 Å². The van der Waals surface area contributed by atoms with Crippen molar-refractivity contribution in [3.63, 3.8) is 0 Å². The molecule has 1 heterocycles. The zero-order valence-corrected chi connectivity index (χ0v) is 13.2. The van der Waals surface area contributed by atoms with Crippen molar-refractivity contribution in [2.75, 3.05) is 0 Å². The van der Waals surface area contributed by atoms with E-state index in [1.54, 1.807) is 19.1 Å². The fraction of sp³-hybridized carbons (Fsp3) is 0.471. The van der Waals surface area contributed by atoms with E-state index < -0.39 is 29.0 Å². The Balaban J connectivity index is 2.10. The van der Waals surface area contributed by atoms with Gasteiger partial charge in [0.25, 0.3) is 0 Å². The van der Waals surface area contributed by atoms with Gasteiger partial charge in [0.1, 0.15) is 5.92 Å². The first-order valence-electron chi connectivity index (χ1n) is 7.63. The SMILES string of the molecule is CC[C@H](C)OC(=O)[C@@H]1C(C)=N[C@]2(O)c3ccccc3C(=O)[C@]12O. The van der Waals surface area contributed by atoms with Crippen LogP contribution in [0.15, 0.2) is 29.3 Å². The van der Waals surface area contributed by atoms with Gasteiger partial charge in [-0.25, -0.2) is 0 Å². The van der Waals surface area contributed by atoms with Crippen LogP contribution < -0.4 is 0 Å². The van der Waals surface area contributed by atoms with Crippen LogP contribution in [0, 0.1) is 5.92 Å². The van der Waals surface area contributed by atoms with Gasteiger partial charge in [-0.1, -0.05) is 31.2 Å². The topological polar surface area (TPSA) is 96.2 Å². The summed E-state index contributed by atoms with van der Waals surface area (Å²) in [5.74, 6) is -2.77. The lowest BCUT2D eigenvalue weighted by atomic mass is 9.79. The van der Waals surface area contributed by atoms with E-state index in [9.17, 15) is 19.8 Å². The number of benzene rings is 1. The number of ether oxygens (including phenoxy) is 1. The van der Waals surface area contributed by atoms with E-state index in [4.69, 9.17) is 4.74 Å². The van der Waals surface area contributed by atoms with Gasteiger partial charge in [-0.2, -0.15) is 0 Å². The molecule has 2 aliphatic rings. The van der Waals surface area contributed by atoms with Gasteiger partial charge in [0.05, 0.1) is 6.10 Å². The molecule has 4 atom stereocenters. The maximum absolute atomic E-state index is 12.7. The van der Waals surface area contributed by atoms with E-state index in [1.165, 1.54) is 19.1 Å². The molecule has 0 saturated carbocycles. The summed E-state index contributed by atoms with van der Waals surface area (Å²) in [5.41, 5.74) is -3.93. The Hall–Kier alpha value is -2.05. The Kier molecular flexibility index (Phi) is 3.42. The Labute approximate surface area is 133 Å². The number of hydrogen-bond acceptors (Lipinski definition) is 6. The van der Waals surface area contributed by atoms with Crippen LogP contribution in [0.25, 0.3) is 0 Å². The molecular weight excluding hydrogens is 298 g/mol. The number of Topliss-reactive ketones (excluding diaryl/α,β-unsaturated/α-hetero) is 1. The second kappa shape index (κ2) is 4.97. The molecule has 1 aromatic carbocycles. The van der Waals surface area contributed by atoms with Gasteiger partial charge in [-0.3, -0.25) is 14.6 Å². The second-order valence-electron chi connectivity index (χ2n) is 6.16. The van der Waals surface area contributed by atoms with E-state index in [2.05, 4.69) is 4.99 Å². The summed E-state index contributed by atoms with van der Waals surface area (Å²) in [6.07, 6.45) is 0.248. The number of fused-ring (bicyclic) bond motifs is 3.